The smallest absolute Gasteiger partial charge is 0.222 e. The lowest BCUT2D eigenvalue weighted by Crippen LogP contribution is -2.32. The van der Waals surface area contributed by atoms with Crippen molar-refractivity contribution in [3.05, 3.63) is 0 Å². The Morgan fingerprint density at radius 1 is 0.944 bits per heavy atom. The molecule has 0 heterocycles. The van der Waals surface area contributed by atoms with Crippen LogP contribution in [0.2, 0.25) is 0 Å². The van der Waals surface area contributed by atoms with E-state index in [-0.39, 0.29) is 0 Å². The van der Waals surface area contributed by atoms with Crippen molar-refractivity contribution in [1.82, 2.24) is 10.2 Å². The molecule has 18 heavy (non-hydrogen) atoms. The van der Waals surface area contributed by atoms with Gasteiger partial charge in [-0.25, -0.2) is 0 Å². The molecule has 0 fully saturated rings. The molecule has 0 saturated carbocycles. The van der Waals surface area contributed by atoms with Crippen molar-refractivity contribution in [2.75, 3.05) is 26.2 Å². The van der Waals surface area contributed by atoms with Crippen LogP contribution in [0, 0.1) is 0 Å². The van der Waals surface area contributed by atoms with Gasteiger partial charge in [0.1, 0.15) is 0 Å². The average molecular weight is 256 g/mol. The van der Waals surface area contributed by atoms with Crippen LogP contribution in [0.1, 0.15) is 65.7 Å². The fourth-order valence-corrected chi connectivity index (χ4v) is 1.99. The van der Waals surface area contributed by atoms with Gasteiger partial charge in [0.2, 0.25) is 5.91 Å². The van der Waals surface area contributed by atoms with Crippen molar-refractivity contribution >= 4 is 5.91 Å². The van der Waals surface area contributed by atoms with Gasteiger partial charge in [0.25, 0.3) is 0 Å². The van der Waals surface area contributed by atoms with Gasteiger partial charge < -0.3 is 10.2 Å². The van der Waals surface area contributed by atoms with Gasteiger partial charge in [-0.3, -0.25) is 4.79 Å². The molecule has 0 bridgehead atoms. The summed E-state index contributed by atoms with van der Waals surface area (Å²) in [5, 5.41) is 3.33. The number of hydrogen-bond donors (Lipinski definition) is 1. The second-order valence-corrected chi connectivity index (χ2v) is 4.90. The van der Waals surface area contributed by atoms with Gasteiger partial charge in [0, 0.05) is 19.5 Å². The molecule has 3 heteroatoms. The molecular weight excluding hydrogens is 224 g/mol. The van der Waals surface area contributed by atoms with Crippen LogP contribution in [0.3, 0.4) is 0 Å². The molecule has 0 aromatic carbocycles. The first-order valence-corrected chi connectivity index (χ1v) is 7.74. The molecule has 0 aliphatic rings. The second kappa shape index (κ2) is 12.9. The predicted octanol–water partition coefficient (Wildman–Crippen LogP) is 3.20. The molecule has 1 N–H and O–H groups in total. The van der Waals surface area contributed by atoms with Crippen LogP contribution in [0.25, 0.3) is 0 Å². The standard InChI is InChI=1S/C15H32N2O/c1-4-7-13-17(15(18)11-5-2)14-10-8-9-12-16-6-3/h16H,4-14H2,1-3H3. The Morgan fingerprint density at radius 3 is 2.28 bits per heavy atom. The van der Waals surface area contributed by atoms with Crippen LogP contribution in [0.4, 0.5) is 0 Å². The maximum absolute atomic E-state index is 11.9. The minimum atomic E-state index is 0.345. The van der Waals surface area contributed by atoms with Crippen LogP contribution in [0.5, 0.6) is 0 Å². The van der Waals surface area contributed by atoms with Crippen molar-refractivity contribution in [3.8, 4) is 0 Å². The van der Waals surface area contributed by atoms with E-state index in [2.05, 4.69) is 31.0 Å². The Balaban J connectivity index is 3.75. The van der Waals surface area contributed by atoms with Gasteiger partial charge in [-0.05, 0) is 38.8 Å². The summed E-state index contributed by atoms with van der Waals surface area (Å²) in [6.45, 7) is 10.4. The number of nitrogens with one attached hydrogen (secondary N) is 1. The van der Waals surface area contributed by atoms with E-state index >= 15 is 0 Å². The minimum absolute atomic E-state index is 0.345. The fraction of sp³-hybridized carbons (Fsp3) is 0.933. The predicted molar refractivity (Wildman–Crippen MR) is 78.8 cm³/mol. The Kier molecular flexibility index (Phi) is 12.5. The maximum Gasteiger partial charge on any atom is 0.222 e. The highest BCUT2D eigenvalue weighted by atomic mass is 16.2. The molecule has 0 spiro atoms. The van der Waals surface area contributed by atoms with Gasteiger partial charge in [0.05, 0.1) is 0 Å². The van der Waals surface area contributed by atoms with E-state index in [1.165, 1.54) is 12.8 Å². The van der Waals surface area contributed by atoms with E-state index in [0.717, 1.165) is 51.9 Å². The quantitative estimate of drug-likeness (QED) is 0.544. The first kappa shape index (κ1) is 17.4. The molecule has 0 saturated heterocycles. The summed E-state index contributed by atoms with van der Waals surface area (Å²) in [6, 6.07) is 0. The lowest BCUT2D eigenvalue weighted by atomic mass is 10.2. The first-order chi connectivity index (χ1) is 8.76. The van der Waals surface area contributed by atoms with Gasteiger partial charge in [-0.15, -0.1) is 0 Å². The number of hydrogen-bond acceptors (Lipinski definition) is 2. The normalized spacial score (nSPS) is 10.6. The van der Waals surface area contributed by atoms with Gasteiger partial charge in [-0.1, -0.05) is 33.6 Å². The van der Waals surface area contributed by atoms with Crippen LogP contribution in [-0.2, 0) is 4.79 Å². The Bertz CT molecular complexity index is 195. The monoisotopic (exact) mass is 256 g/mol. The summed E-state index contributed by atoms with van der Waals surface area (Å²) >= 11 is 0. The molecule has 3 nitrogen and oxygen atoms in total. The van der Waals surface area contributed by atoms with Gasteiger partial charge in [-0.2, -0.15) is 0 Å². The number of rotatable bonds is 12. The van der Waals surface area contributed by atoms with Crippen molar-refractivity contribution in [1.29, 1.82) is 0 Å². The minimum Gasteiger partial charge on any atom is -0.343 e. The molecular formula is C15H32N2O. The van der Waals surface area contributed by atoms with E-state index < -0.39 is 0 Å². The molecule has 0 rings (SSSR count). The lowest BCUT2D eigenvalue weighted by Gasteiger charge is -2.22. The lowest BCUT2D eigenvalue weighted by molar-refractivity contribution is -0.131. The zero-order chi connectivity index (χ0) is 13.6. The molecule has 0 aliphatic heterocycles. The van der Waals surface area contributed by atoms with E-state index in [4.69, 9.17) is 0 Å². The zero-order valence-corrected chi connectivity index (χ0v) is 12.6. The molecule has 0 aromatic rings. The molecule has 108 valence electrons. The summed E-state index contributed by atoms with van der Waals surface area (Å²) < 4.78 is 0. The molecule has 0 unspecified atom stereocenters. The Morgan fingerprint density at radius 2 is 1.67 bits per heavy atom. The largest absolute Gasteiger partial charge is 0.343 e. The molecule has 0 aromatic heterocycles. The van der Waals surface area contributed by atoms with E-state index in [1.54, 1.807) is 0 Å². The second-order valence-electron chi connectivity index (χ2n) is 4.90. The van der Waals surface area contributed by atoms with E-state index in [1.807, 2.05) is 0 Å². The number of carbonyl (C=O) groups excluding carboxylic acids is 1. The topological polar surface area (TPSA) is 32.3 Å². The summed E-state index contributed by atoms with van der Waals surface area (Å²) in [5.74, 6) is 0.345. The van der Waals surface area contributed by atoms with Crippen LogP contribution < -0.4 is 5.32 Å². The van der Waals surface area contributed by atoms with Crippen molar-refractivity contribution in [2.24, 2.45) is 0 Å². The van der Waals surface area contributed by atoms with E-state index in [9.17, 15) is 4.79 Å². The van der Waals surface area contributed by atoms with Crippen molar-refractivity contribution in [3.63, 3.8) is 0 Å². The first-order valence-electron chi connectivity index (χ1n) is 7.74. The third-order valence-electron chi connectivity index (χ3n) is 3.13. The summed E-state index contributed by atoms with van der Waals surface area (Å²) in [7, 11) is 0. The van der Waals surface area contributed by atoms with Crippen LogP contribution in [0.15, 0.2) is 0 Å². The fourth-order valence-electron chi connectivity index (χ4n) is 1.99. The number of unbranched alkanes of at least 4 members (excludes halogenated alkanes) is 3. The number of carbonyl (C=O) groups is 1. The van der Waals surface area contributed by atoms with Crippen LogP contribution in [-0.4, -0.2) is 37.0 Å². The maximum atomic E-state index is 11.9. The summed E-state index contributed by atoms with van der Waals surface area (Å²) in [4.78, 5) is 14.0. The van der Waals surface area contributed by atoms with Gasteiger partial charge in [0.15, 0.2) is 0 Å². The molecule has 0 atom stereocenters. The average Bonchev–Trinajstić information content (AvgIpc) is 2.37. The summed E-state index contributed by atoms with van der Waals surface area (Å²) in [6.07, 6.45) is 7.54. The number of nitrogens with zero attached hydrogens (tertiary/aromatic N) is 1. The SMILES string of the molecule is CCCCN(CCCCCNCC)C(=O)CCC. The van der Waals surface area contributed by atoms with Crippen molar-refractivity contribution < 1.29 is 4.79 Å². The van der Waals surface area contributed by atoms with Crippen molar-refractivity contribution in [2.45, 2.75) is 65.7 Å². The highest BCUT2D eigenvalue weighted by Gasteiger charge is 2.10. The van der Waals surface area contributed by atoms with Gasteiger partial charge >= 0.3 is 0 Å². The third-order valence-corrected chi connectivity index (χ3v) is 3.13. The van der Waals surface area contributed by atoms with E-state index in [0.29, 0.717) is 12.3 Å². The summed E-state index contributed by atoms with van der Waals surface area (Å²) in [5.41, 5.74) is 0. The third kappa shape index (κ3) is 9.46. The zero-order valence-electron chi connectivity index (χ0n) is 12.6. The molecule has 0 aliphatic carbocycles. The highest BCUT2D eigenvalue weighted by Crippen LogP contribution is 2.04. The Hall–Kier alpha value is -0.570. The van der Waals surface area contributed by atoms with Crippen LogP contribution >= 0.6 is 0 Å². The molecule has 0 radical (unpaired) electrons. The highest BCUT2D eigenvalue weighted by molar-refractivity contribution is 5.76. The molecule has 1 amide bonds. The number of amides is 1. The Labute approximate surface area is 113 Å².